The topological polar surface area (TPSA) is 104 Å². The van der Waals surface area contributed by atoms with Gasteiger partial charge >= 0.3 is 12.2 Å². The molecule has 0 spiro atoms. The summed E-state index contributed by atoms with van der Waals surface area (Å²) >= 11 is 0. The van der Waals surface area contributed by atoms with E-state index in [1.807, 2.05) is 25.3 Å². The van der Waals surface area contributed by atoms with Gasteiger partial charge in [0, 0.05) is 42.5 Å². The van der Waals surface area contributed by atoms with Crippen LogP contribution in [0.15, 0.2) is 36.4 Å². The van der Waals surface area contributed by atoms with E-state index in [2.05, 4.69) is 4.98 Å². The second kappa shape index (κ2) is 10.8. The van der Waals surface area contributed by atoms with Crippen molar-refractivity contribution >= 4 is 34.1 Å². The standard InChI is InChI=1S/C31H34F3N5O4/c1-31(2,3)43-30(42)37-10-4-5-20(37)16-39-26-9-7-18(33)13-25(26)36-28(39)27-23(22-8-6-17(32)12-24(22)35-27)14-21-11-19(34)15-38(21)29(40)41/h6-9,12-13,19-21,35H,4-5,10-11,14-16H2,1-3H3,(H,40,41)/t19-,20-,21-/m0/s1. The predicted octanol–water partition coefficient (Wildman–Crippen LogP) is 6.50. The number of likely N-dealkylation sites (tertiary alicyclic amines) is 2. The van der Waals surface area contributed by atoms with Crippen LogP contribution in [0, 0.1) is 11.6 Å². The summed E-state index contributed by atoms with van der Waals surface area (Å²) < 4.78 is 50.7. The fraction of sp³-hybridized carbons (Fsp3) is 0.452. The molecule has 0 radical (unpaired) electrons. The summed E-state index contributed by atoms with van der Waals surface area (Å²) in [7, 11) is 0. The maximum atomic E-state index is 14.4. The normalized spacial score (nSPS) is 20.9. The fourth-order valence-corrected chi connectivity index (χ4v) is 6.43. The highest BCUT2D eigenvalue weighted by molar-refractivity contribution is 5.92. The molecule has 2 fully saturated rings. The molecule has 0 saturated carbocycles. The first-order chi connectivity index (χ1) is 20.4. The van der Waals surface area contributed by atoms with Crippen LogP contribution in [0.25, 0.3) is 33.5 Å². The van der Waals surface area contributed by atoms with Crippen LogP contribution in [0.3, 0.4) is 0 Å². The SMILES string of the molecule is CC(C)(C)OC(=O)N1CCC[C@H]1Cn1c(-c2[nH]c3cc(F)ccc3c2C[C@@H]2C[C@H](F)CN2C(=O)O)nc2cc(F)ccc21. The van der Waals surface area contributed by atoms with Gasteiger partial charge in [0.15, 0.2) is 5.82 Å². The highest BCUT2D eigenvalue weighted by Gasteiger charge is 2.37. The lowest BCUT2D eigenvalue weighted by Gasteiger charge is -2.29. The van der Waals surface area contributed by atoms with Gasteiger partial charge in [0.2, 0.25) is 0 Å². The molecular weight excluding hydrogens is 563 g/mol. The van der Waals surface area contributed by atoms with Gasteiger partial charge in [-0.3, -0.25) is 0 Å². The zero-order valence-corrected chi connectivity index (χ0v) is 24.2. The molecular formula is C31H34F3N5O4. The van der Waals surface area contributed by atoms with Gasteiger partial charge < -0.3 is 29.2 Å². The van der Waals surface area contributed by atoms with Crippen molar-refractivity contribution in [1.29, 1.82) is 0 Å². The van der Waals surface area contributed by atoms with E-state index in [9.17, 15) is 27.9 Å². The number of imidazole rings is 1. The maximum Gasteiger partial charge on any atom is 0.410 e. The van der Waals surface area contributed by atoms with Gasteiger partial charge in [0.25, 0.3) is 0 Å². The van der Waals surface area contributed by atoms with Gasteiger partial charge in [0.05, 0.1) is 29.3 Å². The number of ether oxygens (including phenoxy) is 1. The number of aromatic amines is 1. The molecule has 2 amide bonds. The number of H-pyrrole nitrogens is 1. The first-order valence-electron chi connectivity index (χ1n) is 14.5. The van der Waals surface area contributed by atoms with Crippen molar-refractivity contribution in [2.75, 3.05) is 13.1 Å². The zero-order valence-electron chi connectivity index (χ0n) is 24.2. The van der Waals surface area contributed by atoms with E-state index in [-0.39, 0.29) is 25.4 Å². The number of nitrogens with zero attached hydrogens (tertiary/aromatic N) is 4. The number of nitrogens with one attached hydrogen (secondary N) is 1. The van der Waals surface area contributed by atoms with E-state index < -0.39 is 41.6 Å². The van der Waals surface area contributed by atoms with Crippen LogP contribution in [-0.2, 0) is 17.7 Å². The predicted molar refractivity (Wildman–Crippen MR) is 155 cm³/mol. The number of halogens is 3. The van der Waals surface area contributed by atoms with Gasteiger partial charge in [-0.1, -0.05) is 0 Å². The number of aromatic nitrogens is 3. The number of hydrogen-bond donors (Lipinski definition) is 2. The highest BCUT2D eigenvalue weighted by atomic mass is 19.1. The Kier molecular flexibility index (Phi) is 7.26. The number of alkyl halides is 1. The van der Waals surface area contributed by atoms with Gasteiger partial charge in [-0.05, 0) is 75.9 Å². The molecule has 0 bridgehead atoms. The van der Waals surface area contributed by atoms with Crippen molar-refractivity contribution in [3.05, 3.63) is 53.6 Å². The number of hydrogen-bond acceptors (Lipinski definition) is 4. The van der Waals surface area contributed by atoms with Gasteiger partial charge in [-0.15, -0.1) is 0 Å². The third-order valence-corrected chi connectivity index (χ3v) is 8.25. The lowest BCUT2D eigenvalue weighted by atomic mass is 10.00. The number of fused-ring (bicyclic) bond motifs is 2. The summed E-state index contributed by atoms with van der Waals surface area (Å²) in [5, 5.41) is 10.4. The smallest absolute Gasteiger partial charge is 0.410 e. The lowest BCUT2D eigenvalue weighted by molar-refractivity contribution is 0.0215. The minimum atomic E-state index is -1.29. The lowest BCUT2D eigenvalue weighted by Crippen LogP contribution is -2.41. The maximum absolute atomic E-state index is 14.4. The van der Waals surface area contributed by atoms with Crippen molar-refractivity contribution in [2.24, 2.45) is 0 Å². The Balaban J connectivity index is 1.47. The van der Waals surface area contributed by atoms with Crippen LogP contribution in [-0.4, -0.2) is 78.6 Å². The second-order valence-electron chi connectivity index (χ2n) is 12.4. The molecule has 2 aliphatic heterocycles. The average Bonchev–Trinajstić information content (AvgIpc) is 3.68. The number of rotatable bonds is 5. The Hall–Kier alpha value is -4.22. The fourth-order valence-electron chi connectivity index (χ4n) is 6.43. The molecule has 12 heteroatoms. The van der Waals surface area contributed by atoms with E-state index in [0.717, 1.165) is 17.7 Å². The highest BCUT2D eigenvalue weighted by Crippen LogP contribution is 2.37. The largest absolute Gasteiger partial charge is 0.465 e. The Bertz CT molecular complexity index is 1710. The molecule has 0 unspecified atom stereocenters. The summed E-state index contributed by atoms with van der Waals surface area (Å²) in [6.07, 6.45) is -1.20. The summed E-state index contributed by atoms with van der Waals surface area (Å²) in [5.41, 5.74) is 2.01. The molecule has 2 saturated heterocycles. The van der Waals surface area contributed by atoms with Crippen LogP contribution in [0.5, 0.6) is 0 Å². The molecule has 6 rings (SSSR count). The van der Waals surface area contributed by atoms with E-state index >= 15 is 0 Å². The molecule has 4 aromatic rings. The minimum absolute atomic E-state index is 0.0359. The molecule has 228 valence electrons. The molecule has 0 aliphatic carbocycles. The van der Waals surface area contributed by atoms with Crippen molar-refractivity contribution in [1.82, 2.24) is 24.3 Å². The Morgan fingerprint density at radius 3 is 2.58 bits per heavy atom. The van der Waals surface area contributed by atoms with E-state index in [4.69, 9.17) is 9.72 Å². The van der Waals surface area contributed by atoms with Crippen LogP contribution >= 0.6 is 0 Å². The number of carboxylic acid groups (broad SMARTS) is 1. The van der Waals surface area contributed by atoms with Crippen molar-refractivity contribution in [2.45, 2.75) is 76.9 Å². The van der Waals surface area contributed by atoms with Crippen molar-refractivity contribution in [3.8, 4) is 11.5 Å². The van der Waals surface area contributed by atoms with Gasteiger partial charge in [-0.25, -0.2) is 27.7 Å². The summed E-state index contributed by atoms with van der Waals surface area (Å²) in [4.78, 5) is 35.9. The van der Waals surface area contributed by atoms with E-state index in [1.165, 1.54) is 24.3 Å². The number of carbonyl (C=O) groups excluding carboxylic acids is 1. The summed E-state index contributed by atoms with van der Waals surface area (Å²) in [5.74, 6) is -0.492. The van der Waals surface area contributed by atoms with Gasteiger partial charge in [0.1, 0.15) is 23.4 Å². The minimum Gasteiger partial charge on any atom is -0.465 e. The van der Waals surface area contributed by atoms with Crippen molar-refractivity contribution in [3.63, 3.8) is 0 Å². The molecule has 2 aliphatic rings. The van der Waals surface area contributed by atoms with Crippen LogP contribution < -0.4 is 0 Å². The Morgan fingerprint density at radius 2 is 1.84 bits per heavy atom. The average molecular weight is 598 g/mol. The van der Waals surface area contributed by atoms with Crippen molar-refractivity contribution < 1.29 is 32.6 Å². The van der Waals surface area contributed by atoms with E-state index in [1.54, 1.807) is 17.0 Å². The molecule has 43 heavy (non-hydrogen) atoms. The molecule has 2 aromatic carbocycles. The quantitative estimate of drug-likeness (QED) is 0.274. The number of amides is 2. The second-order valence-corrected chi connectivity index (χ2v) is 12.4. The molecule has 2 aromatic heterocycles. The molecule has 9 nitrogen and oxygen atoms in total. The summed E-state index contributed by atoms with van der Waals surface area (Å²) in [6.45, 7) is 6.08. The Morgan fingerprint density at radius 1 is 1.09 bits per heavy atom. The number of carbonyl (C=O) groups is 2. The summed E-state index contributed by atoms with van der Waals surface area (Å²) in [6, 6.07) is 7.71. The third-order valence-electron chi connectivity index (χ3n) is 8.25. The zero-order chi connectivity index (χ0) is 30.6. The van der Waals surface area contributed by atoms with Crippen LogP contribution in [0.4, 0.5) is 22.8 Å². The van der Waals surface area contributed by atoms with Crippen LogP contribution in [0.1, 0.15) is 45.6 Å². The number of benzene rings is 2. The first-order valence-corrected chi connectivity index (χ1v) is 14.5. The monoisotopic (exact) mass is 597 g/mol. The molecule has 2 N–H and O–H groups in total. The first kappa shape index (κ1) is 28.9. The third kappa shape index (κ3) is 5.62. The Labute approximate surface area is 246 Å². The molecule has 4 heterocycles. The van der Waals surface area contributed by atoms with Gasteiger partial charge in [-0.2, -0.15) is 0 Å². The van der Waals surface area contributed by atoms with E-state index in [0.29, 0.717) is 52.1 Å². The van der Waals surface area contributed by atoms with Crippen LogP contribution in [0.2, 0.25) is 0 Å². The molecule has 3 atom stereocenters.